The first-order valence-corrected chi connectivity index (χ1v) is 7.19. The number of halogens is 1. The van der Waals surface area contributed by atoms with E-state index < -0.39 is 0 Å². The molecule has 0 bridgehead atoms. The highest BCUT2D eigenvalue weighted by molar-refractivity contribution is 5.69. The number of nitrogens with zero attached hydrogens (tertiary/aromatic N) is 1. The van der Waals surface area contributed by atoms with Crippen LogP contribution in [0.5, 0.6) is 0 Å². The molecule has 0 aromatic heterocycles. The predicted molar refractivity (Wildman–Crippen MR) is 81.3 cm³/mol. The van der Waals surface area contributed by atoms with Crippen LogP contribution in [0.25, 0.3) is 11.1 Å². The van der Waals surface area contributed by atoms with Crippen LogP contribution in [-0.4, -0.2) is 25.0 Å². The summed E-state index contributed by atoms with van der Waals surface area (Å²) in [5.41, 5.74) is 4.50. The monoisotopic (exact) mass is 269 g/mol. The van der Waals surface area contributed by atoms with E-state index in [0.717, 1.165) is 30.4 Å². The van der Waals surface area contributed by atoms with Crippen molar-refractivity contribution >= 4 is 0 Å². The molecule has 3 rings (SSSR count). The maximum atomic E-state index is 14.0. The third kappa shape index (κ3) is 2.36. The van der Waals surface area contributed by atoms with E-state index in [2.05, 4.69) is 31.1 Å². The minimum Gasteiger partial charge on any atom is -0.306 e. The lowest BCUT2D eigenvalue weighted by atomic mass is 9.83. The average Bonchev–Trinajstić information content (AvgIpc) is 2.46. The fourth-order valence-corrected chi connectivity index (χ4v) is 3.16. The summed E-state index contributed by atoms with van der Waals surface area (Å²) in [6.45, 7) is 0. The number of fused-ring (bicyclic) bond motifs is 1. The standard InChI is InChI=1S/C18H20FN/c1-20(2)14-10-11-15-13(12-14)6-5-8-16(15)17-7-3-4-9-18(17)19/h3-9,14H,10-12H2,1-2H3/t14-/m1/s1. The molecule has 1 nitrogen and oxygen atoms in total. The Morgan fingerprint density at radius 2 is 1.75 bits per heavy atom. The second-order valence-electron chi connectivity index (χ2n) is 5.78. The van der Waals surface area contributed by atoms with Gasteiger partial charge in [0.25, 0.3) is 0 Å². The molecule has 0 saturated heterocycles. The van der Waals surface area contributed by atoms with Crippen LogP contribution in [0, 0.1) is 5.82 Å². The molecule has 1 aliphatic rings. The van der Waals surface area contributed by atoms with Crippen molar-refractivity contribution in [1.29, 1.82) is 0 Å². The van der Waals surface area contributed by atoms with Gasteiger partial charge in [0, 0.05) is 11.6 Å². The summed E-state index contributed by atoms with van der Waals surface area (Å²) in [6, 6.07) is 14.0. The van der Waals surface area contributed by atoms with Crippen molar-refractivity contribution < 1.29 is 4.39 Å². The largest absolute Gasteiger partial charge is 0.306 e. The maximum absolute atomic E-state index is 14.0. The van der Waals surface area contributed by atoms with Crippen LogP contribution in [0.2, 0.25) is 0 Å². The molecule has 0 aliphatic heterocycles. The van der Waals surface area contributed by atoms with Crippen molar-refractivity contribution in [2.45, 2.75) is 25.3 Å². The first-order chi connectivity index (χ1) is 9.66. The molecule has 0 heterocycles. The van der Waals surface area contributed by atoms with Gasteiger partial charge in [-0.3, -0.25) is 0 Å². The quantitative estimate of drug-likeness (QED) is 0.799. The molecular formula is C18H20FN. The zero-order chi connectivity index (χ0) is 14.1. The Hall–Kier alpha value is -1.67. The van der Waals surface area contributed by atoms with Crippen molar-refractivity contribution in [2.24, 2.45) is 0 Å². The highest BCUT2D eigenvalue weighted by Gasteiger charge is 2.22. The third-order valence-electron chi connectivity index (χ3n) is 4.35. The maximum Gasteiger partial charge on any atom is 0.131 e. The van der Waals surface area contributed by atoms with Crippen LogP contribution in [-0.2, 0) is 12.8 Å². The van der Waals surface area contributed by atoms with Crippen molar-refractivity contribution in [3.05, 3.63) is 59.4 Å². The van der Waals surface area contributed by atoms with Crippen molar-refractivity contribution in [2.75, 3.05) is 14.1 Å². The molecule has 0 saturated carbocycles. The van der Waals surface area contributed by atoms with Crippen LogP contribution >= 0.6 is 0 Å². The molecule has 0 radical (unpaired) electrons. The van der Waals surface area contributed by atoms with Gasteiger partial charge in [0.15, 0.2) is 0 Å². The molecule has 2 aromatic carbocycles. The van der Waals surface area contributed by atoms with Crippen molar-refractivity contribution in [3.8, 4) is 11.1 Å². The van der Waals surface area contributed by atoms with Crippen LogP contribution in [0.1, 0.15) is 17.5 Å². The molecule has 20 heavy (non-hydrogen) atoms. The van der Waals surface area contributed by atoms with Gasteiger partial charge >= 0.3 is 0 Å². The number of likely N-dealkylation sites (N-methyl/N-ethyl adjacent to an activating group) is 1. The van der Waals surface area contributed by atoms with Gasteiger partial charge in [0.2, 0.25) is 0 Å². The summed E-state index contributed by atoms with van der Waals surface area (Å²) in [7, 11) is 4.27. The smallest absolute Gasteiger partial charge is 0.131 e. The van der Waals surface area contributed by atoms with E-state index >= 15 is 0 Å². The van der Waals surface area contributed by atoms with Crippen LogP contribution in [0.15, 0.2) is 42.5 Å². The Morgan fingerprint density at radius 1 is 1.00 bits per heavy atom. The molecule has 0 fully saturated rings. The van der Waals surface area contributed by atoms with E-state index in [1.165, 1.54) is 11.1 Å². The number of rotatable bonds is 2. The summed E-state index contributed by atoms with van der Waals surface area (Å²) in [5, 5.41) is 0. The summed E-state index contributed by atoms with van der Waals surface area (Å²) in [6.07, 6.45) is 3.23. The van der Waals surface area contributed by atoms with Crippen molar-refractivity contribution in [1.82, 2.24) is 4.90 Å². The van der Waals surface area contributed by atoms with Gasteiger partial charge in [0.1, 0.15) is 5.82 Å². The van der Waals surface area contributed by atoms with E-state index in [4.69, 9.17) is 0 Å². The predicted octanol–water partition coefficient (Wildman–Crippen LogP) is 3.91. The highest BCUT2D eigenvalue weighted by atomic mass is 19.1. The van der Waals surface area contributed by atoms with Gasteiger partial charge in [-0.2, -0.15) is 0 Å². The summed E-state index contributed by atoms with van der Waals surface area (Å²) in [5.74, 6) is -0.129. The van der Waals surface area contributed by atoms with E-state index in [1.807, 2.05) is 18.2 Å². The molecule has 0 amide bonds. The van der Waals surface area contributed by atoms with Crippen LogP contribution < -0.4 is 0 Å². The van der Waals surface area contributed by atoms with Gasteiger partial charge in [-0.1, -0.05) is 36.4 Å². The Labute approximate surface area is 120 Å². The Kier molecular flexibility index (Phi) is 3.58. The van der Waals surface area contributed by atoms with Gasteiger partial charge in [-0.25, -0.2) is 4.39 Å². The zero-order valence-corrected chi connectivity index (χ0v) is 12.1. The Bertz CT molecular complexity index is 619. The molecule has 2 heteroatoms. The molecule has 2 aromatic rings. The fourth-order valence-electron chi connectivity index (χ4n) is 3.16. The molecule has 1 atom stereocenters. The van der Waals surface area contributed by atoms with E-state index in [-0.39, 0.29) is 5.82 Å². The SMILES string of the molecule is CN(C)[C@@H]1CCc2c(cccc2-c2ccccc2F)C1. The first kappa shape index (κ1) is 13.3. The molecule has 0 spiro atoms. The molecule has 0 unspecified atom stereocenters. The normalized spacial score (nSPS) is 18.1. The van der Waals surface area contributed by atoms with Gasteiger partial charge in [-0.05, 0) is 56.1 Å². The molecule has 1 aliphatic carbocycles. The summed E-state index contributed by atoms with van der Waals surface area (Å²) < 4.78 is 14.0. The lowest BCUT2D eigenvalue weighted by Crippen LogP contribution is -2.33. The first-order valence-electron chi connectivity index (χ1n) is 7.19. The van der Waals surface area contributed by atoms with Gasteiger partial charge in [-0.15, -0.1) is 0 Å². The number of benzene rings is 2. The van der Waals surface area contributed by atoms with Crippen LogP contribution in [0.4, 0.5) is 4.39 Å². The third-order valence-corrected chi connectivity index (χ3v) is 4.35. The van der Waals surface area contributed by atoms with Gasteiger partial charge in [0.05, 0.1) is 0 Å². The topological polar surface area (TPSA) is 3.24 Å². The second kappa shape index (κ2) is 5.37. The molecular weight excluding hydrogens is 249 g/mol. The Morgan fingerprint density at radius 3 is 2.50 bits per heavy atom. The van der Waals surface area contributed by atoms with Gasteiger partial charge < -0.3 is 4.90 Å². The van der Waals surface area contributed by atoms with Crippen molar-refractivity contribution in [3.63, 3.8) is 0 Å². The van der Waals surface area contributed by atoms with E-state index in [1.54, 1.807) is 12.1 Å². The lowest BCUT2D eigenvalue weighted by molar-refractivity contribution is 0.268. The molecule has 104 valence electrons. The van der Waals surface area contributed by atoms with Crippen LogP contribution in [0.3, 0.4) is 0 Å². The molecule has 0 N–H and O–H groups in total. The second-order valence-corrected chi connectivity index (χ2v) is 5.78. The minimum absolute atomic E-state index is 0.129. The summed E-state index contributed by atoms with van der Waals surface area (Å²) in [4.78, 5) is 2.29. The minimum atomic E-state index is -0.129. The van der Waals surface area contributed by atoms with E-state index in [0.29, 0.717) is 6.04 Å². The fraction of sp³-hybridized carbons (Fsp3) is 0.333. The summed E-state index contributed by atoms with van der Waals surface area (Å²) >= 11 is 0. The Balaban J connectivity index is 2.04. The lowest BCUT2D eigenvalue weighted by Gasteiger charge is -2.31. The number of hydrogen-bond acceptors (Lipinski definition) is 1. The number of hydrogen-bond donors (Lipinski definition) is 0. The highest BCUT2D eigenvalue weighted by Crippen LogP contribution is 2.33. The average molecular weight is 269 g/mol. The van der Waals surface area contributed by atoms with E-state index in [9.17, 15) is 4.39 Å². The zero-order valence-electron chi connectivity index (χ0n) is 12.1.